The highest BCUT2D eigenvalue weighted by molar-refractivity contribution is 6.31. The van der Waals surface area contributed by atoms with Gasteiger partial charge in [0.1, 0.15) is 5.75 Å². The quantitative estimate of drug-likeness (QED) is 0.448. The molecule has 1 amide bonds. The molecule has 0 radical (unpaired) electrons. The van der Waals surface area contributed by atoms with Crippen LogP contribution >= 0.6 is 11.6 Å². The molecule has 0 spiro atoms. The number of anilines is 2. The molecule has 32 heavy (non-hydrogen) atoms. The molecule has 8 nitrogen and oxygen atoms in total. The van der Waals surface area contributed by atoms with Crippen molar-refractivity contribution in [1.82, 2.24) is 14.8 Å². The summed E-state index contributed by atoms with van der Waals surface area (Å²) in [6.45, 7) is 0. The number of amides is 1. The third-order valence-electron chi connectivity index (χ3n) is 5.44. The van der Waals surface area contributed by atoms with Gasteiger partial charge in [0.25, 0.3) is 11.9 Å². The Kier molecular flexibility index (Phi) is 5.28. The van der Waals surface area contributed by atoms with E-state index in [-0.39, 0.29) is 23.8 Å². The number of fused-ring (bicyclic) bond motifs is 1. The molecule has 1 aliphatic heterocycles. The fourth-order valence-corrected chi connectivity index (χ4v) is 4.12. The number of ether oxygens (including phenoxy) is 1. The SMILES string of the molecule is COc1ccc([C@@H]2C[C@@H](c3ccccc3Cl)n3nc(NC(=O)c4ccco4)nc3N2)cc1. The standard InChI is InChI=1S/C23H20ClN5O3/c1-31-15-10-8-14(9-11-15)18-13-19(16-5-2-3-6-17(16)24)29-23(25-18)27-22(28-29)26-21(30)20-7-4-12-32-20/h2-12,18-19H,13H2,1H3,(H2,25,26,27,28,30)/t18-,19-/m0/s1. The lowest BCUT2D eigenvalue weighted by Crippen LogP contribution is -2.28. The van der Waals surface area contributed by atoms with E-state index >= 15 is 0 Å². The van der Waals surface area contributed by atoms with Crippen LogP contribution in [0.4, 0.5) is 11.9 Å². The van der Waals surface area contributed by atoms with Crippen molar-refractivity contribution < 1.29 is 13.9 Å². The van der Waals surface area contributed by atoms with E-state index in [0.717, 1.165) is 16.9 Å². The van der Waals surface area contributed by atoms with Crippen LogP contribution in [0, 0.1) is 0 Å². The number of furan rings is 1. The molecule has 0 saturated heterocycles. The van der Waals surface area contributed by atoms with Crippen LogP contribution < -0.4 is 15.4 Å². The van der Waals surface area contributed by atoms with Crippen molar-refractivity contribution in [2.75, 3.05) is 17.7 Å². The van der Waals surface area contributed by atoms with Gasteiger partial charge in [-0.25, -0.2) is 4.68 Å². The predicted octanol–water partition coefficient (Wildman–Crippen LogP) is 4.93. The van der Waals surface area contributed by atoms with E-state index in [4.69, 9.17) is 20.8 Å². The van der Waals surface area contributed by atoms with Crippen molar-refractivity contribution in [2.45, 2.75) is 18.5 Å². The van der Waals surface area contributed by atoms with Crippen LogP contribution in [0.2, 0.25) is 5.02 Å². The second-order valence-electron chi connectivity index (χ2n) is 7.38. The summed E-state index contributed by atoms with van der Waals surface area (Å²) in [5, 5.41) is 11.3. The predicted molar refractivity (Wildman–Crippen MR) is 120 cm³/mol. The molecule has 1 aliphatic rings. The number of nitrogens with one attached hydrogen (secondary N) is 2. The topological polar surface area (TPSA) is 94.2 Å². The number of halogens is 1. The van der Waals surface area contributed by atoms with E-state index in [9.17, 15) is 4.79 Å². The summed E-state index contributed by atoms with van der Waals surface area (Å²) < 4.78 is 12.2. The number of rotatable bonds is 5. The molecule has 3 heterocycles. The smallest absolute Gasteiger partial charge is 0.293 e. The minimum atomic E-state index is -0.418. The molecule has 2 aromatic heterocycles. The summed E-state index contributed by atoms with van der Waals surface area (Å²) in [6, 6.07) is 18.6. The van der Waals surface area contributed by atoms with Crippen LogP contribution in [0.15, 0.2) is 71.3 Å². The molecule has 9 heteroatoms. The molecule has 4 aromatic rings. The maximum atomic E-state index is 12.4. The molecule has 5 rings (SSSR count). The van der Waals surface area contributed by atoms with Crippen molar-refractivity contribution in [1.29, 1.82) is 0 Å². The third-order valence-corrected chi connectivity index (χ3v) is 5.79. The van der Waals surface area contributed by atoms with E-state index in [2.05, 4.69) is 20.7 Å². The van der Waals surface area contributed by atoms with E-state index in [1.165, 1.54) is 6.26 Å². The molecule has 0 unspecified atom stereocenters. The molecule has 0 bridgehead atoms. The van der Waals surface area contributed by atoms with Crippen molar-refractivity contribution in [2.24, 2.45) is 0 Å². The van der Waals surface area contributed by atoms with Gasteiger partial charge in [-0.15, -0.1) is 5.10 Å². The first-order valence-corrected chi connectivity index (χ1v) is 10.5. The van der Waals surface area contributed by atoms with Crippen molar-refractivity contribution in [3.8, 4) is 5.75 Å². The zero-order valence-corrected chi connectivity index (χ0v) is 17.9. The molecule has 0 fully saturated rings. The number of nitrogens with zero attached hydrogens (tertiary/aromatic N) is 3. The van der Waals surface area contributed by atoms with Gasteiger partial charge in [-0.1, -0.05) is 41.9 Å². The average Bonchev–Trinajstić information content (AvgIpc) is 3.49. The Morgan fingerprint density at radius 2 is 2.00 bits per heavy atom. The lowest BCUT2D eigenvalue weighted by Gasteiger charge is -2.32. The fraction of sp³-hybridized carbons (Fsp3) is 0.174. The first-order chi connectivity index (χ1) is 15.6. The van der Waals surface area contributed by atoms with Gasteiger partial charge in [0.2, 0.25) is 5.95 Å². The molecule has 162 valence electrons. The number of aromatic nitrogens is 3. The van der Waals surface area contributed by atoms with Crippen LogP contribution in [0.5, 0.6) is 5.75 Å². The zero-order chi connectivity index (χ0) is 22.1. The van der Waals surface area contributed by atoms with Gasteiger partial charge < -0.3 is 14.5 Å². The molecule has 2 N–H and O–H groups in total. The average molecular weight is 450 g/mol. The van der Waals surface area contributed by atoms with E-state index < -0.39 is 5.91 Å². The Balaban J connectivity index is 1.50. The number of benzene rings is 2. The molecular formula is C23H20ClN5O3. The van der Waals surface area contributed by atoms with Gasteiger partial charge in [-0.05, 0) is 47.9 Å². The zero-order valence-electron chi connectivity index (χ0n) is 17.2. The molecular weight excluding hydrogens is 430 g/mol. The molecule has 0 saturated carbocycles. The maximum Gasteiger partial charge on any atom is 0.293 e. The highest BCUT2D eigenvalue weighted by Gasteiger charge is 2.32. The number of carbonyl (C=O) groups excluding carboxylic acids is 1. The van der Waals surface area contributed by atoms with Crippen molar-refractivity contribution >= 4 is 29.4 Å². The normalized spacial score (nSPS) is 17.3. The van der Waals surface area contributed by atoms with Crippen LogP contribution in [-0.2, 0) is 0 Å². The van der Waals surface area contributed by atoms with Crippen LogP contribution in [0.1, 0.15) is 40.2 Å². The molecule has 2 aromatic carbocycles. The van der Waals surface area contributed by atoms with Crippen molar-refractivity contribution in [3.63, 3.8) is 0 Å². The number of carbonyl (C=O) groups is 1. The van der Waals surface area contributed by atoms with Gasteiger partial charge in [-0.2, -0.15) is 4.98 Å². The van der Waals surface area contributed by atoms with Gasteiger partial charge in [0, 0.05) is 5.02 Å². The Bertz CT molecular complexity index is 1240. The summed E-state index contributed by atoms with van der Waals surface area (Å²) in [7, 11) is 1.64. The number of hydrogen-bond acceptors (Lipinski definition) is 6. The second-order valence-corrected chi connectivity index (χ2v) is 7.79. The lowest BCUT2D eigenvalue weighted by molar-refractivity contribution is 0.0995. The van der Waals surface area contributed by atoms with Gasteiger partial charge in [-0.3, -0.25) is 10.1 Å². The third kappa shape index (κ3) is 3.80. The Morgan fingerprint density at radius 1 is 1.19 bits per heavy atom. The molecule has 0 aliphatic carbocycles. The summed E-state index contributed by atoms with van der Waals surface area (Å²) >= 11 is 6.54. The Labute approximate surface area is 189 Å². The van der Waals surface area contributed by atoms with Crippen molar-refractivity contribution in [3.05, 3.63) is 88.8 Å². The van der Waals surface area contributed by atoms with Gasteiger partial charge in [0.05, 0.1) is 25.5 Å². The number of hydrogen-bond donors (Lipinski definition) is 2. The fourth-order valence-electron chi connectivity index (χ4n) is 3.86. The second kappa shape index (κ2) is 8.39. The number of methoxy groups -OCH3 is 1. The minimum absolute atomic E-state index is 0.0347. The van der Waals surface area contributed by atoms with Crippen LogP contribution in [0.3, 0.4) is 0 Å². The summed E-state index contributed by atoms with van der Waals surface area (Å²) in [6.07, 6.45) is 2.13. The largest absolute Gasteiger partial charge is 0.497 e. The first-order valence-electron chi connectivity index (χ1n) is 10.1. The summed E-state index contributed by atoms with van der Waals surface area (Å²) in [5.74, 6) is 1.28. The highest BCUT2D eigenvalue weighted by Crippen LogP contribution is 2.40. The molecule has 2 atom stereocenters. The maximum absolute atomic E-state index is 12.4. The summed E-state index contributed by atoms with van der Waals surface area (Å²) in [5.41, 5.74) is 2.02. The highest BCUT2D eigenvalue weighted by atomic mass is 35.5. The minimum Gasteiger partial charge on any atom is -0.497 e. The van der Waals surface area contributed by atoms with Gasteiger partial charge >= 0.3 is 0 Å². The van der Waals surface area contributed by atoms with Gasteiger partial charge in [0.15, 0.2) is 5.76 Å². The van der Waals surface area contributed by atoms with Crippen LogP contribution in [-0.4, -0.2) is 27.8 Å². The van der Waals surface area contributed by atoms with Crippen LogP contribution in [0.25, 0.3) is 0 Å². The monoisotopic (exact) mass is 449 g/mol. The van der Waals surface area contributed by atoms with E-state index in [1.54, 1.807) is 23.9 Å². The van der Waals surface area contributed by atoms with E-state index in [0.29, 0.717) is 17.4 Å². The lowest BCUT2D eigenvalue weighted by atomic mass is 9.93. The summed E-state index contributed by atoms with van der Waals surface area (Å²) in [4.78, 5) is 16.9. The van der Waals surface area contributed by atoms with E-state index in [1.807, 2.05) is 48.5 Å². The Hall–Kier alpha value is -3.78. The first kappa shape index (κ1) is 20.1. The Morgan fingerprint density at radius 3 is 2.72 bits per heavy atom.